The van der Waals surface area contributed by atoms with Crippen molar-refractivity contribution in [2.75, 3.05) is 16.8 Å². The molecule has 5 heteroatoms. The molecule has 1 atom stereocenters. The van der Waals surface area contributed by atoms with E-state index in [-0.39, 0.29) is 11.9 Å². The molecule has 0 fully saturated rings. The third-order valence-corrected chi connectivity index (χ3v) is 4.51. The minimum absolute atomic E-state index is 0.0962. The Morgan fingerprint density at radius 1 is 1.12 bits per heavy atom. The molecule has 130 valence electrons. The van der Waals surface area contributed by atoms with Crippen molar-refractivity contribution in [1.82, 2.24) is 5.32 Å². The first kappa shape index (κ1) is 17.0. The summed E-state index contributed by atoms with van der Waals surface area (Å²) in [4.78, 5) is 26.7. The number of rotatable bonds is 3. The van der Waals surface area contributed by atoms with Crippen LogP contribution in [-0.4, -0.2) is 24.5 Å². The van der Waals surface area contributed by atoms with Gasteiger partial charge in [-0.15, -0.1) is 0 Å². The molecule has 25 heavy (non-hydrogen) atoms. The van der Waals surface area contributed by atoms with Gasteiger partial charge < -0.3 is 15.5 Å². The van der Waals surface area contributed by atoms with E-state index in [1.807, 2.05) is 56.3 Å². The van der Waals surface area contributed by atoms with Crippen LogP contribution >= 0.6 is 0 Å². The SMILES string of the molecule is Cc1ccc(C)c(NC(=O)N[C@H](C)C(=O)N2CCc3ccccc32)c1. The van der Waals surface area contributed by atoms with Gasteiger partial charge in [-0.05, 0) is 56.0 Å². The number of urea groups is 1. The first-order valence-corrected chi connectivity index (χ1v) is 8.50. The average Bonchev–Trinajstić information content (AvgIpc) is 3.01. The lowest BCUT2D eigenvalue weighted by Gasteiger charge is -2.22. The second-order valence-corrected chi connectivity index (χ2v) is 6.51. The number of nitrogens with zero attached hydrogens (tertiary/aromatic N) is 1. The van der Waals surface area contributed by atoms with Crippen molar-refractivity contribution in [3.05, 3.63) is 59.2 Å². The summed E-state index contributed by atoms with van der Waals surface area (Å²) in [7, 11) is 0. The zero-order valence-corrected chi connectivity index (χ0v) is 14.8. The second kappa shape index (κ2) is 6.97. The van der Waals surface area contributed by atoms with Crippen LogP contribution in [0.3, 0.4) is 0 Å². The molecule has 2 aromatic carbocycles. The molecule has 2 aromatic rings. The Balaban J connectivity index is 1.64. The highest BCUT2D eigenvalue weighted by Gasteiger charge is 2.28. The van der Waals surface area contributed by atoms with Crippen LogP contribution in [0.25, 0.3) is 0 Å². The third kappa shape index (κ3) is 3.65. The molecule has 0 aromatic heterocycles. The summed E-state index contributed by atoms with van der Waals surface area (Å²) < 4.78 is 0. The summed E-state index contributed by atoms with van der Waals surface area (Å²) in [5, 5.41) is 5.57. The molecule has 0 radical (unpaired) electrons. The topological polar surface area (TPSA) is 61.4 Å². The summed E-state index contributed by atoms with van der Waals surface area (Å²) in [6, 6.07) is 12.8. The molecule has 3 amide bonds. The maximum atomic E-state index is 12.7. The van der Waals surface area contributed by atoms with Crippen molar-refractivity contribution in [3.63, 3.8) is 0 Å². The van der Waals surface area contributed by atoms with Crippen molar-refractivity contribution < 1.29 is 9.59 Å². The lowest BCUT2D eigenvalue weighted by atomic mass is 10.1. The van der Waals surface area contributed by atoms with Crippen LogP contribution in [0, 0.1) is 13.8 Å². The lowest BCUT2D eigenvalue weighted by molar-refractivity contribution is -0.119. The predicted molar refractivity (Wildman–Crippen MR) is 100 cm³/mol. The fraction of sp³-hybridized carbons (Fsp3) is 0.300. The monoisotopic (exact) mass is 337 g/mol. The van der Waals surface area contributed by atoms with Crippen molar-refractivity contribution in [2.24, 2.45) is 0 Å². The molecule has 1 heterocycles. The van der Waals surface area contributed by atoms with Crippen molar-refractivity contribution in [2.45, 2.75) is 33.2 Å². The van der Waals surface area contributed by atoms with Gasteiger partial charge in [0.15, 0.2) is 0 Å². The number of hydrogen-bond acceptors (Lipinski definition) is 2. The molecular formula is C20H23N3O2. The van der Waals surface area contributed by atoms with Gasteiger partial charge in [-0.2, -0.15) is 0 Å². The van der Waals surface area contributed by atoms with E-state index in [0.717, 1.165) is 28.9 Å². The Labute approximate surface area is 148 Å². The largest absolute Gasteiger partial charge is 0.326 e. The molecule has 0 saturated carbocycles. The number of benzene rings is 2. The fourth-order valence-electron chi connectivity index (χ4n) is 3.09. The van der Waals surface area contributed by atoms with Crippen molar-refractivity contribution in [1.29, 1.82) is 0 Å². The predicted octanol–water partition coefficient (Wildman–Crippen LogP) is 3.40. The molecule has 0 saturated heterocycles. The van der Waals surface area contributed by atoms with Gasteiger partial charge in [0.2, 0.25) is 5.91 Å². The van der Waals surface area contributed by atoms with Crippen LogP contribution < -0.4 is 15.5 Å². The highest BCUT2D eigenvalue weighted by Crippen LogP contribution is 2.27. The normalized spacial score (nSPS) is 14.0. The van der Waals surface area contributed by atoms with Gasteiger partial charge in [-0.25, -0.2) is 4.79 Å². The van der Waals surface area contributed by atoms with E-state index >= 15 is 0 Å². The number of para-hydroxylation sites is 1. The standard InChI is InChI=1S/C20H23N3O2/c1-13-8-9-14(2)17(12-13)22-20(25)21-15(3)19(24)23-11-10-16-6-4-5-7-18(16)23/h4-9,12,15H,10-11H2,1-3H3,(H2,21,22,25)/t15-/m1/s1. The number of aryl methyl sites for hydroxylation is 2. The molecule has 1 aliphatic rings. The molecule has 0 aliphatic carbocycles. The summed E-state index contributed by atoms with van der Waals surface area (Å²) in [5.41, 5.74) is 4.91. The summed E-state index contributed by atoms with van der Waals surface area (Å²) in [6.07, 6.45) is 0.851. The van der Waals surface area contributed by atoms with Crippen LogP contribution in [0.5, 0.6) is 0 Å². The van der Waals surface area contributed by atoms with Crippen LogP contribution in [0.4, 0.5) is 16.2 Å². The Morgan fingerprint density at radius 2 is 1.88 bits per heavy atom. The molecular weight excluding hydrogens is 314 g/mol. The molecule has 0 bridgehead atoms. The Hall–Kier alpha value is -2.82. The Kier molecular flexibility index (Phi) is 4.74. The number of nitrogens with one attached hydrogen (secondary N) is 2. The summed E-state index contributed by atoms with van der Waals surface area (Å²) in [5.74, 6) is -0.0962. The van der Waals surface area contributed by atoms with E-state index in [1.54, 1.807) is 11.8 Å². The number of carbonyl (C=O) groups is 2. The zero-order valence-electron chi connectivity index (χ0n) is 14.8. The molecule has 0 spiro atoms. The Bertz CT molecular complexity index is 816. The maximum Gasteiger partial charge on any atom is 0.319 e. The molecule has 2 N–H and O–H groups in total. The highest BCUT2D eigenvalue weighted by molar-refractivity contribution is 6.01. The smallest absolute Gasteiger partial charge is 0.319 e. The van der Waals surface area contributed by atoms with E-state index in [2.05, 4.69) is 10.6 Å². The third-order valence-electron chi connectivity index (χ3n) is 4.51. The first-order chi connectivity index (χ1) is 12.0. The van der Waals surface area contributed by atoms with E-state index in [1.165, 1.54) is 5.56 Å². The van der Waals surface area contributed by atoms with Gasteiger partial charge in [0.25, 0.3) is 0 Å². The lowest BCUT2D eigenvalue weighted by Crippen LogP contribution is -2.47. The molecule has 5 nitrogen and oxygen atoms in total. The van der Waals surface area contributed by atoms with E-state index < -0.39 is 6.04 Å². The number of anilines is 2. The van der Waals surface area contributed by atoms with Crippen molar-refractivity contribution in [3.8, 4) is 0 Å². The van der Waals surface area contributed by atoms with Gasteiger partial charge in [0.1, 0.15) is 6.04 Å². The van der Waals surface area contributed by atoms with Crippen LogP contribution in [0.1, 0.15) is 23.6 Å². The van der Waals surface area contributed by atoms with Gasteiger partial charge >= 0.3 is 6.03 Å². The minimum Gasteiger partial charge on any atom is -0.326 e. The summed E-state index contributed by atoms with van der Waals surface area (Å²) >= 11 is 0. The van der Waals surface area contributed by atoms with Gasteiger partial charge in [-0.1, -0.05) is 30.3 Å². The van der Waals surface area contributed by atoms with Gasteiger partial charge in [0.05, 0.1) is 0 Å². The van der Waals surface area contributed by atoms with E-state index in [0.29, 0.717) is 6.54 Å². The first-order valence-electron chi connectivity index (χ1n) is 8.50. The van der Waals surface area contributed by atoms with Crippen LogP contribution in [0.2, 0.25) is 0 Å². The average molecular weight is 337 g/mol. The quantitative estimate of drug-likeness (QED) is 0.902. The second-order valence-electron chi connectivity index (χ2n) is 6.51. The van der Waals surface area contributed by atoms with E-state index in [9.17, 15) is 9.59 Å². The van der Waals surface area contributed by atoms with Gasteiger partial charge in [-0.3, -0.25) is 4.79 Å². The maximum absolute atomic E-state index is 12.7. The van der Waals surface area contributed by atoms with Crippen molar-refractivity contribution >= 4 is 23.3 Å². The fourth-order valence-corrected chi connectivity index (χ4v) is 3.09. The Morgan fingerprint density at radius 3 is 2.68 bits per heavy atom. The molecule has 0 unspecified atom stereocenters. The number of hydrogen-bond donors (Lipinski definition) is 2. The molecule has 1 aliphatic heterocycles. The summed E-state index contributed by atoms with van der Waals surface area (Å²) in [6.45, 7) is 6.28. The molecule has 3 rings (SSSR count). The number of fused-ring (bicyclic) bond motifs is 1. The minimum atomic E-state index is -0.601. The zero-order chi connectivity index (χ0) is 18.0. The van der Waals surface area contributed by atoms with E-state index in [4.69, 9.17) is 0 Å². The van der Waals surface area contributed by atoms with Crippen LogP contribution in [-0.2, 0) is 11.2 Å². The van der Waals surface area contributed by atoms with Crippen LogP contribution in [0.15, 0.2) is 42.5 Å². The number of amides is 3. The highest BCUT2D eigenvalue weighted by atomic mass is 16.2. The number of carbonyl (C=O) groups excluding carboxylic acids is 2. The van der Waals surface area contributed by atoms with Gasteiger partial charge in [0, 0.05) is 17.9 Å².